The molecule has 3 N–H and O–H groups in total. The van der Waals surface area contributed by atoms with Crippen LogP contribution in [0, 0.1) is 6.92 Å². The molecule has 1 aliphatic rings. The number of benzene rings is 2. The number of nitrogens with one attached hydrogen (secondary N) is 3. The van der Waals surface area contributed by atoms with Gasteiger partial charge in [0.1, 0.15) is 0 Å². The summed E-state index contributed by atoms with van der Waals surface area (Å²) in [6.45, 7) is 5.25. The van der Waals surface area contributed by atoms with Gasteiger partial charge in [0.2, 0.25) is 10.0 Å². The van der Waals surface area contributed by atoms with E-state index in [1.165, 1.54) is 12.1 Å². The van der Waals surface area contributed by atoms with E-state index in [0.717, 1.165) is 50.1 Å². The Morgan fingerprint density at radius 3 is 2.27 bits per heavy atom. The first-order chi connectivity index (χ1) is 13.6. The number of aryl methyl sites for hydroxylation is 1. The summed E-state index contributed by atoms with van der Waals surface area (Å²) in [7, 11) is -7.46. The molecule has 0 radical (unpaired) electrons. The van der Waals surface area contributed by atoms with Crippen molar-refractivity contribution in [3.63, 3.8) is 0 Å². The molecule has 2 aromatic rings. The highest BCUT2D eigenvalue weighted by Crippen LogP contribution is 2.31. The van der Waals surface area contributed by atoms with E-state index < -0.39 is 20.0 Å². The molecule has 0 saturated carbocycles. The predicted octanol–water partition coefficient (Wildman–Crippen LogP) is 2.39. The van der Waals surface area contributed by atoms with Crippen LogP contribution in [0.25, 0.3) is 0 Å². The minimum Gasteiger partial charge on any atom is -0.370 e. The van der Waals surface area contributed by atoms with Crippen LogP contribution in [0.4, 0.5) is 17.1 Å². The number of sulfonamides is 2. The quantitative estimate of drug-likeness (QED) is 0.593. The second kappa shape index (κ2) is 9.86. The fourth-order valence-corrected chi connectivity index (χ4v) is 4.78. The van der Waals surface area contributed by atoms with Gasteiger partial charge in [0.25, 0.3) is 10.0 Å². The van der Waals surface area contributed by atoms with Crippen LogP contribution in [-0.2, 0) is 20.0 Å². The lowest BCUT2D eigenvalue weighted by Gasteiger charge is -2.24. The maximum Gasteiger partial charge on any atom is 0.261 e. The summed E-state index contributed by atoms with van der Waals surface area (Å²) in [5.74, 6) is 0. The monoisotopic (exact) mass is 474 g/mol. The number of hydrogen-bond acceptors (Lipinski definition) is 6. The van der Waals surface area contributed by atoms with E-state index in [4.69, 9.17) is 0 Å². The molecule has 1 aliphatic heterocycles. The van der Waals surface area contributed by atoms with Gasteiger partial charge in [-0.2, -0.15) is 0 Å². The minimum absolute atomic E-state index is 0. The molecule has 11 heteroatoms. The number of rotatable bonds is 6. The van der Waals surface area contributed by atoms with E-state index in [2.05, 4.69) is 19.7 Å². The van der Waals surface area contributed by atoms with Crippen molar-refractivity contribution in [3.05, 3.63) is 48.0 Å². The van der Waals surface area contributed by atoms with Gasteiger partial charge in [-0.25, -0.2) is 16.8 Å². The summed E-state index contributed by atoms with van der Waals surface area (Å²) in [5, 5.41) is 3.32. The molecule has 2 aromatic carbocycles. The third kappa shape index (κ3) is 6.49. The molecule has 166 valence electrons. The van der Waals surface area contributed by atoms with Crippen molar-refractivity contribution in [3.8, 4) is 0 Å². The molecule has 0 atom stereocenters. The van der Waals surface area contributed by atoms with Crippen molar-refractivity contribution in [1.82, 2.24) is 5.32 Å². The third-order valence-electron chi connectivity index (χ3n) is 4.58. The normalized spacial score (nSPS) is 15.1. The summed E-state index contributed by atoms with van der Waals surface area (Å²) in [4.78, 5) is 2.25. The molecular formula is C19H27ClN4O4S2. The first kappa shape index (κ1) is 24.3. The molecule has 0 bridgehead atoms. The average Bonchev–Trinajstić information content (AvgIpc) is 2.91. The number of anilines is 3. The van der Waals surface area contributed by atoms with Crippen LogP contribution in [0.15, 0.2) is 47.4 Å². The lowest BCUT2D eigenvalue weighted by Crippen LogP contribution is -2.28. The SMILES string of the molecule is Cc1ccc(S(=O)(=O)Nc2ccc(N3CCCNCC3)cc2NS(C)(=O)=O)cc1.Cl. The molecule has 0 unspecified atom stereocenters. The Morgan fingerprint density at radius 1 is 0.900 bits per heavy atom. The van der Waals surface area contributed by atoms with Gasteiger partial charge in [-0.15, -0.1) is 12.4 Å². The van der Waals surface area contributed by atoms with Crippen LogP contribution >= 0.6 is 12.4 Å². The molecule has 8 nitrogen and oxygen atoms in total. The zero-order chi connectivity index (χ0) is 21.1. The fraction of sp³-hybridized carbons (Fsp3) is 0.368. The maximum atomic E-state index is 12.8. The van der Waals surface area contributed by atoms with E-state index >= 15 is 0 Å². The van der Waals surface area contributed by atoms with Crippen molar-refractivity contribution in [2.45, 2.75) is 18.2 Å². The topological polar surface area (TPSA) is 108 Å². The largest absolute Gasteiger partial charge is 0.370 e. The summed E-state index contributed by atoms with van der Waals surface area (Å²) in [6, 6.07) is 11.5. The first-order valence-corrected chi connectivity index (χ1v) is 12.7. The number of halogens is 1. The smallest absolute Gasteiger partial charge is 0.261 e. The maximum absolute atomic E-state index is 12.8. The van der Waals surface area contributed by atoms with E-state index in [-0.39, 0.29) is 28.7 Å². The molecule has 0 spiro atoms. The Kier molecular flexibility index (Phi) is 7.98. The highest BCUT2D eigenvalue weighted by molar-refractivity contribution is 7.93. The van der Waals surface area contributed by atoms with Crippen LogP contribution in [0.1, 0.15) is 12.0 Å². The second-order valence-corrected chi connectivity index (χ2v) is 10.5. The molecule has 0 amide bonds. The Bertz CT molecular complexity index is 1070. The van der Waals surface area contributed by atoms with Crippen LogP contribution in [0.5, 0.6) is 0 Å². The zero-order valence-corrected chi connectivity index (χ0v) is 19.3. The van der Waals surface area contributed by atoms with Gasteiger partial charge >= 0.3 is 0 Å². The standard InChI is InChI=1S/C19H26N4O4S2.ClH/c1-15-4-7-17(8-5-15)29(26,27)22-18-9-6-16(14-19(18)21-28(2,24)25)23-12-3-10-20-11-13-23;/h4-9,14,20-22H,3,10-13H2,1-2H3;1H. The number of hydrogen-bond donors (Lipinski definition) is 3. The van der Waals surface area contributed by atoms with Gasteiger partial charge in [0.05, 0.1) is 22.5 Å². The molecular weight excluding hydrogens is 448 g/mol. The summed E-state index contributed by atoms with van der Waals surface area (Å²) in [5.41, 5.74) is 2.14. The Balaban J connectivity index is 0.00000320. The summed E-state index contributed by atoms with van der Waals surface area (Å²) < 4.78 is 54.2. The van der Waals surface area contributed by atoms with Gasteiger partial charge < -0.3 is 10.2 Å². The minimum atomic E-state index is -3.86. The molecule has 0 aromatic heterocycles. The van der Waals surface area contributed by atoms with E-state index in [1.807, 2.05) is 6.92 Å². The summed E-state index contributed by atoms with van der Waals surface area (Å²) >= 11 is 0. The Labute approximate surface area is 184 Å². The zero-order valence-electron chi connectivity index (χ0n) is 16.9. The second-order valence-electron chi connectivity index (χ2n) is 7.11. The Morgan fingerprint density at radius 2 is 1.60 bits per heavy atom. The van der Waals surface area contributed by atoms with Gasteiger partial charge in [0.15, 0.2) is 0 Å². The first-order valence-electron chi connectivity index (χ1n) is 9.31. The molecule has 3 rings (SSSR count). The van der Waals surface area contributed by atoms with Crippen LogP contribution in [-0.4, -0.2) is 49.3 Å². The van der Waals surface area contributed by atoms with Crippen molar-refractivity contribution in [2.24, 2.45) is 0 Å². The summed E-state index contributed by atoms with van der Waals surface area (Å²) in [6.07, 6.45) is 2.00. The van der Waals surface area contributed by atoms with Crippen molar-refractivity contribution < 1.29 is 16.8 Å². The van der Waals surface area contributed by atoms with E-state index in [1.54, 1.807) is 30.3 Å². The molecule has 1 saturated heterocycles. The highest BCUT2D eigenvalue weighted by atomic mass is 35.5. The van der Waals surface area contributed by atoms with Crippen molar-refractivity contribution in [1.29, 1.82) is 0 Å². The predicted molar refractivity (Wildman–Crippen MR) is 124 cm³/mol. The Hall–Kier alpha value is -2.01. The van der Waals surface area contributed by atoms with Gasteiger partial charge in [-0.05, 0) is 50.2 Å². The molecule has 30 heavy (non-hydrogen) atoms. The highest BCUT2D eigenvalue weighted by Gasteiger charge is 2.19. The molecule has 1 fully saturated rings. The van der Waals surface area contributed by atoms with Crippen molar-refractivity contribution in [2.75, 3.05) is 46.8 Å². The van der Waals surface area contributed by atoms with Gasteiger partial charge in [0, 0.05) is 25.3 Å². The molecule has 1 heterocycles. The lowest BCUT2D eigenvalue weighted by molar-refractivity contribution is 0.600. The lowest BCUT2D eigenvalue weighted by atomic mass is 10.2. The van der Waals surface area contributed by atoms with Gasteiger partial charge in [-0.3, -0.25) is 9.44 Å². The van der Waals surface area contributed by atoms with Crippen LogP contribution in [0.2, 0.25) is 0 Å². The van der Waals surface area contributed by atoms with Gasteiger partial charge in [-0.1, -0.05) is 17.7 Å². The van der Waals surface area contributed by atoms with Crippen LogP contribution in [0.3, 0.4) is 0 Å². The average molecular weight is 475 g/mol. The fourth-order valence-electron chi connectivity index (χ4n) is 3.13. The third-order valence-corrected chi connectivity index (χ3v) is 6.55. The number of nitrogens with zero attached hydrogens (tertiary/aromatic N) is 1. The van der Waals surface area contributed by atoms with E-state index in [0.29, 0.717) is 0 Å². The molecule has 0 aliphatic carbocycles. The van der Waals surface area contributed by atoms with E-state index in [9.17, 15) is 16.8 Å². The van der Waals surface area contributed by atoms with Crippen molar-refractivity contribution >= 4 is 49.5 Å². The van der Waals surface area contributed by atoms with Crippen LogP contribution < -0.4 is 19.7 Å².